The molecule has 98 valence electrons. The average molecular weight is 242 g/mol. The maximum absolute atomic E-state index is 11.7. The number of nitrogens with zero attached hydrogens (tertiary/aromatic N) is 1. The van der Waals surface area contributed by atoms with Crippen LogP contribution in [0.3, 0.4) is 0 Å². The fraction of sp³-hybridized carbons (Fsp3) is 0.750. The smallest absolute Gasteiger partial charge is 0.236 e. The number of carbonyl (C=O) groups excluding carboxylic acids is 1. The molecule has 5 heteroatoms. The summed E-state index contributed by atoms with van der Waals surface area (Å²) in [6.45, 7) is 8.73. The molecule has 1 heterocycles. The van der Waals surface area contributed by atoms with Crippen LogP contribution in [-0.4, -0.2) is 63.4 Å². The predicted octanol–water partition coefficient (Wildman–Crippen LogP) is 0.0275. The molecular weight excluding hydrogens is 220 g/mol. The molecule has 0 bridgehead atoms. The molecule has 0 saturated carbocycles. The third kappa shape index (κ3) is 6.41. The zero-order valence-electron chi connectivity index (χ0n) is 10.3. The number of morpholine rings is 1. The van der Waals surface area contributed by atoms with Crippen LogP contribution in [0.5, 0.6) is 0 Å². The Balaban J connectivity index is 1.94. The maximum Gasteiger partial charge on any atom is 0.236 e. The van der Waals surface area contributed by atoms with E-state index in [-0.39, 0.29) is 5.91 Å². The first-order valence-corrected chi connectivity index (χ1v) is 6.09. The molecule has 5 nitrogen and oxygen atoms in total. The molecule has 1 aliphatic rings. The van der Waals surface area contributed by atoms with E-state index in [1.807, 2.05) is 11.0 Å². The van der Waals surface area contributed by atoms with Crippen molar-refractivity contribution in [2.24, 2.45) is 0 Å². The Morgan fingerprint density at radius 2 is 2.18 bits per heavy atom. The van der Waals surface area contributed by atoms with Gasteiger partial charge >= 0.3 is 0 Å². The zero-order chi connectivity index (χ0) is 12.3. The quantitative estimate of drug-likeness (QED) is 0.482. The zero-order valence-corrected chi connectivity index (χ0v) is 10.3. The van der Waals surface area contributed by atoms with E-state index in [9.17, 15) is 4.79 Å². The van der Waals surface area contributed by atoms with Gasteiger partial charge in [-0.3, -0.25) is 4.79 Å². The summed E-state index contributed by atoms with van der Waals surface area (Å²) in [5, 5.41) is 3.08. The molecule has 0 aromatic carbocycles. The van der Waals surface area contributed by atoms with Gasteiger partial charge < -0.3 is 19.7 Å². The first-order chi connectivity index (χ1) is 8.34. The minimum atomic E-state index is 0.138. The Labute approximate surface area is 103 Å². The van der Waals surface area contributed by atoms with E-state index < -0.39 is 0 Å². The summed E-state index contributed by atoms with van der Waals surface area (Å²) in [5.41, 5.74) is 0. The van der Waals surface area contributed by atoms with Gasteiger partial charge in [0.25, 0.3) is 0 Å². The third-order valence-electron chi connectivity index (χ3n) is 2.53. The van der Waals surface area contributed by atoms with Crippen molar-refractivity contribution in [2.45, 2.75) is 6.42 Å². The predicted molar refractivity (Wildman–Crippen MR) is 65.9 cm³/mol. The van der Waals surface area contributed by atoms with Gasteiger partial charge in [0.15, 0.2) is 0 Å². The molecule has 1 N–H and O–H groups in total. The first-order valence-electron chi connectivity index (χ1n) is 6.09. The highest BCUT2D eigenvalue weighted by atomic mass is 16.5. The molecule has 17 heavy (non-hydrogen) atoms. The van der Waals surface area contributed by atoms with Gasteiger partial charge in [0.2, 0.25) is 5.91 Å². The van der Waals surface area contributed by atoms with Gasteiger partial charge in [0.1, 0.15) is 0 Å². The van der Waals surface area contributed by atoms with Gasteiger partial charge in [-0.05, 0) is 6.42 Å². The summed E-state index contributed by atoms with van der Waals surface area (Å²) in [4.78, 5) is 13.5. The second-order valence-corrected chi connectivity index (χ2v) is 3.86. The van der Waals surface area contributed by atoms with Crippen molar-refractivity contribution in [3.05, 3.63) is 12.7 Å². The van der Waals surface area contributed by atoms with E-state index >= 15 is 0 Å². The highest BCUT2D eigenvalue weighted by molar-refractivity contribution is 5.78. The van der Waals surface area contributed by atoms with E-state index in [0.717, 1.165) is 6.42 Å². The fourth-order valence-electron chi connectivity index (χ4n) is 1.53. The van der Waals surface area contributed by atoms with E-state index in [2.05, 4.69) is 11.9 Å². The minimum Gasteiger partial charge on any atom is -0.380 e. The first kappa shape index (κ1) is 14.2. The Morgan fingerprint density at radius 1 is 1.41 bits per heavy atom. The lowest BCUT2D eigenvalue weighted by Gasteiger charge is -2.26. The Kier molecular flexibility index (Phi) is 7.62. The highest BCUT2D eigenvalue weighted by Gasteiger charge is 2.15. The average Bonchev–Trinajstić information content (AvgIpc) is 2.38. The summed E-state index contributed by atoms with van der Waals surface area (Å²) in [6.07, 6.45) is 2.70. The van der Waals surface area contributed by atoms with E-state index in [4.69, 9.17) is 9.47 Å². The highest BCUT2D eigenvalue weighted by Crippen LogP contribution is 1.96. The van der Waals surface area contributed by atoms with Gasteiger partial charge in [-0.2, -0.15) is 0 Å². The molecule has 0 aromatic heterocycles. The lowest BCUT2D eigenvalue weighted by molar-refractivity contribution is -0.134. The number of nitrogens with one attached hydrogen (secondary N) is 1. The minimum absolute atomic E-state index is 0.138. The van der Waals surface area contributed by atoms with Crippen LogP contribution in [0, 0.1) is 0 Å². The van der Waals surface area contributed by atoms with Gasteiger partial charge in [-0.25, -0.2) is 0 Å². The molecular formula is C12H22N2O3. The molecule has 0 spiro atoms. The van der Waals surface area contributed by atoms with Crippen molar-refractivity contribution >= 4 is 5.91 Å². The number of hydrogen-bond acceptors (Lipinski definition) is 4. The summed E-state index contributed by atoms with van der Waals surface area (Å²) >= 11 is 0. The summed E-state index contributed by atoms with van der Waals surface area (Å²) in [5.74, 6) is 0.138. The topological polar surface area (TPSA) is 50.8 Å². The van der Waals surface area contributed by atoms with Gasteiger partial charge in [-0.15, -0.1) is 6.58 Å². The number of amides is 1. The van der Waals surface area contributed by atoms with Crippen LogP contribution in [0.25, 0.3) is 0 Å². The van der Waals surface area contributed by atoms with Crippen molar-refractivity contribution in [3.63, 3.8) is 0 Å². The van der Waals surface area contributed by atoms with Crippen LogP contribution in [0.15, 0.2) is 12.7 Å². The Hall–Kier alpha value is -0.910. The largest absolute Gasteiger partial charge is 0.380 e. The van der Waals surface area contributed by atoms with Crippen LogP contribution in [0.2, 0.25) is 0 Å². The lowest BCUT2D eigenvalue weighted by atomic mass is 10.4. The summed E-state index contributed by atoms with van der Waals surface area (Å²) < 4.78 is 10.5. The monoisotopic (exact) mass is 242 g/mol. The van der Waals surface area contributed by atoms with Crippen molar-refractivity contribution in [2.75, 3.05) is 52.6 Å². The van der Waals surface area contributed by atoms with Crippen LogP contribution in [0.4, 0.5) is 0 Å². The molecule has 0 aliphatic carbocycles. The van der Waals surface area contributed by atoms with E-state index in [1.54, 1.807) is 0 Å². The van der Waals surface area contributed by atoms with Crippen molar-refractivity contribution < 1.29 is 14.3 Å². The van der Waals surface area contributed by atoms with E-state index in [0.29, 0.717) is 52.6 Å². The van der Waals surface area contributed by atoms with Gasteiger partial charge in [0, 0.05) is 19.6 Å². The summed E-state index contributed by atoms with van der Waals surface area (Å²) in [6, 6.07) is 0. The molecule has 1 rings (SSSR count). The second kappa shape index (κ2) is 9.15. The Morgan fingerprint density at radius 3 is 2.88 bits per heavy atom. The SMILES string of the molecule is C=CCCOCCNCC(=O)N1CCOCC1. The van der Waals surface area contributed by atoms with Crippen molar-refractivity contribution in [1.82, 2.24) is 10.2 Å². The lowest BCUT2D eigenvalue weighted by Crippen LogP contribution is -2.45. The summed E-state index contributed by atoms with van der Waals surface area (Å²) in [7, 11) is 0. The maximum atomic E-state index is 11.7. The van der Waals surface area contributed by atoms with Crippen LogP contribution < -0.4 is 5.32 Å². The number of carbonyl (C=O) groups is 1. The second-order valence-electron chi connectivity index (χ2n) is 3.86. The fourth-order valence-corrected chi connectivity index (χ4v) is 1.53. The molecule has 0 unspecified atom stereocenters. The molecule has 1 aliphatic heterocycles. The molecule has 0 atom stereocenters. The number of hydrogen-bond donors (Lipinski definition) is 1. The van der Waals surface area contributed by atoms with Crippen LogP contribution in [0.1, 0.15) is 6.42 Å². The van der Waals surface area contributed by atoms with Gasteiger partial charge in [-0.1, -0.05) is 6.08 Å². The van der Waals surface area contributed by atoms with Gasteiger partial charge in [0.05, 0.1) is 33.0 Å². The van der Waals surface area contributed by atoms with E-state index in [1.165, 1.54) is 0 Å². The van der Waals surface area contributed by atoms with Crippen molar-refractivity contribution in [3.8, 4) is 0 Å². The Bertz CT molecular complexity index is 228. The van der Waals surface area contributed by atoms with Crippen LogP contribution >= 0.6 is 0 Å². The number of ether oxygens (including phenoxy) is 2. The third-order valence-corrected chi connectivity index (χ3v) is 2.53. The molecule has 1 amide bonds. The normalized spacial score (nSPS) is 15.9. The molecule has 0 aromatic rings. The van der Waals surface area contributed by atoms with Crippen LogP contribution in [-0.2, 0) is 14.3 Å². The standard InChI is InChI=1S/C12H22N2O3/c1-2-3-7-16-8-4-13-11-12(15)14-5-9-17-10-6-14/h2,13H,1,3-11H2. The number of rotatable bonds is 8. The molecule has 0 radical (unpaired) electrons. The molecule has 1 saturated heterocycles. The molecule has 1 fully saturated rings. The van der Waals surface area contributed by atoms with Crippen molar-refractivity contribution in [1.29, 1.82) is 0 Å².